The Balaban J connectivity index is 1.84. The summed E-state index contributed by atoms with van der Waals surface area (Å²) in [6.07, 6.45) is 4.35. The van der Waals surface area contributed by atoms with Crippen molar-refractivity contribution in [2.24, 2.45) is 5.92 Å². The molecule has 4 nitrogen and oxygen atoms in total. The summed E-state index contributed by atoms with van der Waals surface area (Å²) in [5.74, 6) is 0.308. The highest BCUT2D eigenvalue weighted by atomic mass is 32.1. The highest BCUT2D eigenvalue weighted by molar-refractivity contribution is 7.08. The molecule has 5 heteroatoms. The Hall–Kier alpha value is -1.62. The van der Waals surface area contributed by atoms with Gasteiger partial charge in [0.15, 0.2) is 0 Å². The molecule has 2 N–H and O–H groups in total. The summed E-state index contributed by atoms with van der Waals surface area (Å²) in [6, 6.07) is 2.02. The fourth-order valence-electron chi connectivity index (χ4n) is 2.60. The number of nitrogens with one attached hydrogen (secondary N) is 2. The topological polar surface area (TPSA) is 57.8 Å². The van der Waals surface area contributed by atoms with Crippen LogP contribution in [0.15, 0.2) is 16.8 Å². The maximum absolute atomic E-state index is 12.2. The highest BCUT2D eigenvalue weighted by Crippen LogP contribution is 2.32. The molecule has 3 rings (SSSR count). The van der Waals surface area contributed by atoms with Gasteiger partial charge in [-0.2, -0.15) is 16.4 Å². The third-order valence-electron chi connectivity index (χ3n) is 3.72. The molecule has 0 saturated heterocycles. The Kier molecular flexibility index (Phi) is 3.38. The molecule has 1 aliphatic carbocycles. The van der Waals surface area contributed by atoms with Crippen LogP contribution < -0.4 is 5.32 Å². The second-order valence-corrected chi connectivity index (χ2v) is 5.83. The van der Waals surface area contributed by atoms with Gasteiger partial charge in [0.1, 0.15) is 5.69 Å². The zero-order valence-corrected chi connectivity index (χ0v) is 11.7. The van der Waals surface area contributed by atoms with Gasteiger partial charge in [0.25, 0.3) is 0 Å². The number of H-pyrrole nitrogens is 1. The first-order chi connectivity index (χ1) is 9.25. The van der Waals surface area contributed by atoms with E-state index in [0.29, 0.717) is 0 Å². The lowest BCUT2D eigenvalue weighted by Crippen LogP contribution is -2.20. The van der Waals surface area contributed by atoms with Gasteiger partial charge in [-0.1, -0.05) is 12.8 Å². The second-order valence-electron chi connectivity index (χ2n) is 5.05. The minimum absolute atomic E-state index is 0.137. The molecule has 2 heterocycles. The maximum atomic E-state index is 12.2. The van der Waals surface area contributed by atoms with Gasteiger partial charge in [0.05, 0.1) is 11.4 Å². The van der Waals surface area contributed by atoms with Crippen LogP contribution in [-0.4, -0.2) is 16.1 Å². The van der Waals surface area contributed by atoms with Gasteiger partial charge < -0.3 is 5.32 Å². The Bertz CT molecular complexity index is 568. The molecule has 0 spiro atoms. The summed E-state index contributed by atoms with van der Waals surface area (Å²) in [4.78, 5) is 12.2. The van der Waals surface area contributed by atoms with E-state index in [2.05, 4.69) is 15.5 Å². The number of carbonyl (C=O) groups excluding carboxylic acids is 1. The first kappa shape index (κ1) is 12.4. The third kappa shape index (κ3) is 2.42. The number of anilines is 1. The van der Waals surface area contributed by atoms with Crippen LogP contribution in [0.2, 0.25) is 0 Å². The molecule has 0 bridgehead atoms. The standard InChI is InChI=1S/C14H17N3OS/c1-9-12(15-14(18)10-4-2-3-5-10)13(17-16-9)11-6-7-19-8-11/h6-8,10H,2-5H2,1H3,(H,15,18)(H,16,17). The Morgan fingerprint density at radius 1 is 1.47 bits per heavy atom. The number of hydrogen-bond donors (Lipinski definition) is 2. The van der Waals surface area contributed by atoms with Crippen molar-refractivity contribution in [2.45, 2.75) is 32.6 Å². The predicted octanol–water partition coefficient (Wildman–Crippen LogP) is 3.58. The number of aromatic nitrogens is 2. The average Bonchev–Trinajstić information content (AvgIpc) is 3.10. The third-order valence-corrected chi connectivity index (χ3v) is 4.40. The van der Waals surface area contributed by atoms with Crippen molar-refractivity contribution >= 4 is 22.9 Å². The number of aryl methyl sites for hydroxylation is 1. The number of hydrogen-bond acceptors (Lipinski definition) is 3. The summed E-state index contributed by atoms with van der Waals surface area (Å²) in [7, 11) is 0. The van der Waals surface area contributed by atoms with Crippen molar-refractivity contribution in [3.63, 3.8) is 0 Å². The van der Waals surface area contributed by atoms with E-state index in [-0.39, 0.29) is 11.8 Å². The number of thiophene rings is 1. The normalized spacial score (nSPS) is 15.8. The van der Waals surface area contributed by atoms with Crippen molar-refractivity contribution in [1.82, 2.24) is 10.2 Å². The molecule has 0 unspecified atom stereocenters. The zero-order chi connectivity index (χ0) is 13.2. The Morgan fingerprint density at radius 2 is 2.26 bits per heavy atom. The Labute approximate surface area is 116 Å². The first-order valence-corrected chi connectivity index (χ1v) is 7.58. The molecule has 0 atom stereocenters. The highest BCUT2D eigenvalue weighted by Gasteiger charge is 2.24. The smallest absolute Gasteiger partial charge is 0.227 e. The zero-order valence-electron chi connectivity index (χ0n) is 10.9. The van der Waals surface area contributed by atoms with Crippen LogP contribution >= 0.6 is 11.3 Å². The largest absolute Gasteiger partial charge is 0.322 e. The van der Waals surface area contributed by atoms with Crippen molar-refractivity contribution < 1.29 is 4.79 Å². The molecule has 19 heavy (non-hydrogen) atoms. The number of rotatable bonds is 3. The Morgan fingerprint density at radius 3 is 2.95 bits per heavy atom. The quantitative estimate of drug-likeness (QED) is 0.899. The predicted molar refractivity (Wildman–Crippen MR) is 77.2 cm³/mol. The molecule has 0 aromatic carbocycles. The minimum Gasteiger partial charge on any atom is -0.322 e. The monoisotopic (exact) mass is 275 g/mol. The van der Waals surface area contributed by atoms with Gasteiger partial charge in [-0.05, 0) is 31.2 Å². The van der Waals surface area contributed by atoms with E-state index in [9.17, 15) is 4.79 Å². The average molecular weight is 275 g/mol. The van der Waals surface area contributed by atoms with E-state index in [1.807, 2.05) is 23.8 Å². The molecule has 0 aliphatic heterocycles. The molecule has 2 aromatic rings. The number of aromatic amines is 1. The summed E-state index contributed by atoms with van der Waals surface area (Å²) in [6.45, 7) is 1.94. The fourth-order valence-corrected chi connectivity index (χ4v) is 3.24. The van der Waals surface area contributed by atoms with E-state index in [1.165, 1.54) is 12.8 Å². The van der Waals surface area contributed by atoms with Crippen LogP contribution in [0.25, 0.3) is 11.3 Å². The summed E-state index contributed by atoms with van der Waals surface area (Å²) in [5, 5.41) is 14.4. The molecule has 1 saturated carbocycles. The van der Waals surface area contributed by atoms with Gasteiger partial charge >= 0.3 is 0 Å². The summed E-state index contributed by atoms with van der Waals surface area (Å²) in [5.41, 5.74) is 3.63. The van der Waals surface area contributed by atoms with E-state index in [1.54, 1.807) is 11.3 Å². The molecule has 1 fully saturated rings. The SMILES string of the molecule is Cc1[nH]nc(-c2ccsc2)c1NC(=O)C1CCCC1. The minimum atomic E-state index is 0.137. The molecule has 2 aromatic heterocycles. The van der Waals surface area contributed by atoms with Crippen molar-refractivity contribution in [2.75, 3.05) is 5.32 Å². The first-order valence-electron chi connectivity index (χ1n) is 6.64. The van der Waals surface area contributed by atoms with Crippen molar-refractivity contribution in [1.29, 1.82) is 0 Å². The van der Waals surface area contributed by atoms with Crippen LogP contribution in [-0.2, 0) is 4.79 Å². The van der Waals surface area contributed by atoms with Gasteiger partial charge in [0, 0.05) is 16.9 Å². The lowest BCUT2D eigenvalue weighted by Gasteiger charge is -2.10. The van der Waals surface area contributed by atoms with E-state index >= 15 is 0 Å². The van der Waals surface area contributed by atoms with E-state index < -0.39 is 0 Å². The van der Waals surface area contributed by atoms with Gasteiger partial charge in [-0.25, -0.2) is 0 Å². The number of carbonyl (C=O) groups is 1. The lowest BCUT2D eigenvalue weighted by atomic mass is 10.1. The maximum Gasteiger partial charge on any atom is 0.227 e. The van der Waals surface area contributed by atoms with Crippen LogP contribution in [0.3, 0.4) is 0 Å². The van der Waals surface area contributed by atoms with Crippen molar-refractivity contribution in [3.05, 3.63) is 22.5 Å². The molecular weight excluding hydrogens is 258 g/mol. The summed E-state index contributed by atoms with van der Waals surface area (Å²) >= 11 is 1.63. The van der Waals surface area contributed by atoms with Crippen LogP contribution in [0.4, 0.5) is 5.69 Å². The van der Waals surface area contributed by atoms with Crippen LogP contribution in [0, 0.1) is 12.8 Å². The number of amides is 1. The second kappa shape index (κ2) is 5.17. The molecule has 100 valence electrons. The molecule has 1 amide bonds. The van der Waals surface area contributed by atoms with Crippen LogP contribution in [0.5, 0.6) is 0 Å². The van der Waals surface area contributed by atoms with Crippen LogP contribution in [0.1, 0.15) is 31.4 Å². The molecule has 0 radical (unpaired) electrons. The van der Waals surface area contributed by atoms with Crippen molar-refractivity contribution in [3.8, 4) is 11.3 Å². The number of nitrogens with zero attached hydrogens (tertiary/aromatic N) is 1. The van der Waals surface area contributed by atoms with Gasteiger partial charge in [-0.3, -0.25) is 9.89 Å². The molecule has 1 aliphatic rings. The molecular formula is C14H17N3OS. The fraction of sp³-hybridized carbons (Fsp3) is 0.429. The van der Waals surface area contributed by atoms with E-state index in [0.717, 1.165) is 35.5 Å². The summed E-state index contributed by atoms with van der Waals surface area (Å²) < 4.78 is 0. The van der Waals surface area contributed by atoms with Gasteiger partial charge in [-0.15, -0.1) is 0 Å². The lowest BCUT2D eigenvalue weighted by molar-refractivity contribution is -0.119. The van der Waals surface area contributed by atoms with Gasteiger partial charge in [0.2, 0.25) is 5.91 Å². The van der Waals surface area contributed by atoms with E-state index in [4.69, 9.17) is 0 Å².